The van der Waals surface area contributed by atoms with Crippen molar-refractivity contribution in [2.45, 2.75) is 19.1 Å². The first-order valence-corrected chi connectivity index (χ1v) is 11.6. The largest absolute Gasteiger partial charge is 0.420 e. The maximum Gasteiger partial charge on any atom is 0.255 e. The van der Waals surface area contributed by atoms with Crippen LogP contribution >= 0.6 is 11.6 Å². The van der Waals surface area contributed by atoms with Gasteiger partial charge in [-0.2, -0.15) is 19.6 Å². The van der Waals surface area contributed by atoms with Crippen LogP contribution in [-0.2, 0) is 4.43 Å². The summed E-state index contributed by atoms with van der Waals surface area (Å²) in [4.78, 5) is 7.98. The summed E-state index contributed by atoms with van der Waals surface area (Å²) in [6.07, 6.45) is 1.25. The Morgan fingerprint density at radius 3 is 2.48 bits per heavy atom. The van der Waals surface area contributed by atoms with E-state index in [1.807, 2.05) is 13.1 Å². The van der Waals surface area contributed by atoms with Gasteiger partial charge in [0.2, 0.25) is 0 Å². The molecule has 0 atom stereocenters. The second-order valence-electron chi connectivity index (χ2n) is 6.48. The Morgan fingerprint density at radius 1 is 1.19 bits per heavy atom. The van der Waals surface area contributed by atoms with E-state index in [1.54, 1.807) is 7.11 Å². The summed E-state index contributed by atoms with van der Waals surface area (Å²) in [5, 5.41) is 6.97. The molecular formula is C16H17ClF3N5OSi. The Labute approximate surface area is 159 Å². The Hall–Kier alpha value is -2.17. The highest BCUT2D eigenvalue weighted by Crippen LogP contribution is 2.37. The van der Waals surface area contributed by atoms with E-state index in [1.165, 1.54) is 10.8 Å². The van der Waals surface area contributed by atoms with Crippen LogP contribution in [0.15, 0.2) is 18.5 Å². The van der Waals surface area contributed by atoms with Gasteiger partial charge < -0.3 is 9.74 Å². The lowest BCUT2D eigenvalue weighted by Gasteiger charge is -2.21. The fraction of sp³-hybridized carbons (Fsp3) is 0.312. The third kappa shape index (κ3) is 3.92. The molecule has 0 spiro atoms. The molecule has 2 aromatic heterocycles. The molecule has 1 aromatic carbocycles. The first kappa shape index (κ1) is 19.6. The SMILES string of the molecule is CO[Si](C)(C)CCNc1c(-c2c(F)cc(F)cc2F)c(Cl)nc2ncnn12. The van der Waals surface area contributed by atoms with Crippen LogP contribution in [0.4, 0.5) is 19.0 Å². The van der Waals surface area contributed by atoms with Crippen LogP contribution in [0.25, 0.3) is 16.9 Å². The molecule has 11 heteroatoms. The van der Waals surface area contributed by atoms with Crippen molar-refractivity contribution in [3.8, 4) is 11.1 Å². The van der Waals surface area contributed by atoms with E-state index >= 15 is 0 Å². The molecular weight excluding hydrogens is 399 g/mol. The van der Waals surface area contributed by atoms with Crippen LogP contribution in [0.2, 0.25) is 24.3 Å². The van der Waals surface area contributed by atoms with Crippen LogP contribution < -0.4 is 5.32 Å². The topological polar surface area (TPSA) is 64.3 Å². The molecule has 144 valence electrons. The van der Waals surface area contributed by atoms with E-state index in [-0.39, 0.29) is 22.3 Å². The van der Waals surface area contributed by atoms with Crippen LogP contribution in [0.1, 0.15) is 0 Å². The van der Waals surface area contributed by atoms with Gasteiger partial charge in [0.05, 0.1) is 11.1 Å². The lowest BCUT2D eigenvalue weighted by atomic mass is 10.1. The number of hydrogen-bond donors (Lipinski definition) is 1. The first-order valence-electron chi connectivity index (χ1n) is 8.06. The maximum absolute atomic E-state index is 14.4. The molecule has 0 saturated heterocycles. The average molecular weight is 416 g/mol. The molecule has 0 fully saturated rings. The number of aromatic nitrogens is 4. The first-order chi connectivity index (χ1) is 12.7. The maximum atomic E-state index is 14.4. The normalized spacial score (nSPS) is 12.0. The Morgan fingerprint density at radius 2 is 1.85 bits per heavy atom. The van der Waals surface area contributed by atoms with Crippen molar-refractivity contribution in [3.05, 3.63) is 41.1 Å². The summed E-state index contributed by atoms with van der Waals surface area (Å²) in [5.74, 6) is -2.83. The quantitative estimate of drug-likeness (QED) is 0.484. The van der Waals surface area contributed by atoms with Gasteiger partial charge in [0, 0.05) is 25.8 Å². The van der Waals surface area contributed by atoms with Gasteiger partial charge in [-0.15, -0.1) is 0 Å². The second-order valence-corrected chi connectivity index (χ2v) is 11.3. The molecule has 0 aliphatic carbocycles. The fourth-order valence-corrected chi connectivity index (χ4v) is 3.76. The fourth-order valence-electron chi connectivity index (χ4n) is 2.57. The van der Waals surface area contributed by atoms with Gasteiger partial charge >= 0.3 is 0 Å². The summed E-state index contributed by atoms with van der Waals surface area (Å²) >= 11 is 6.20. The van der Waals surface area contributed by atoms with E-state index in [2.05, 4.69) is 20.4 Å². The molecule has 6 nitrogen and oxygen atoms in total. The predicted octanol–water partition coefficient (Wildman–Crippen LogP) is 4.13. The van der Waals surface area contributed by atoms with E-state index < -0.39 is 31.3 Å². The molecule has 0 saturated carbocycles. The highest BCUT2D eigenvalue weighted by Gasteiger charge is 2.25. The highest BCUT2D eigenvalue weighted by atomic mass is 35.5. The van der Waals surface area contributed by atoms with Gasteiger partial charge in [-0.05, 0) is 19.1 Å². The van der Waals surface area contributed by atoms with Crippen molar-refractivity contribution in [1.29, 1.82) is 0 Å². The summed E-state index contributed by atoms with van der Waals surface area (Å²) in [7, 11) is -0.224. The number of rotatable bonds is 6. The minimum Gasteiger partial charge on any atom is -0.420 e. The predicted molar refractivity (Wildman–Crippen MR) is 98.9 cm³/mol. The number of anilines is 1. The van der Waals surface area contributed by atoms with Crippen molar-refractivity contribution in [2.75, 3.05) is 19.0 Å². The number of halogens is 4. The minimum atomic E-state index is -1.88. The number of hydrogen-bond acceptors (Lipinski definition) is 5. The molecule has 0 bridgehead atoms. The molecule has 3 aromatic rings. The van der Waals surface area contributed by atoms with Crippen molar-refractivity contribution >= 4 is 31.5 Å². The smallest absolute Gasteiger partial charge is 0.255 e. The lowest BCUT2D eigenvalue weighted by Crippen LogP contribution is -2.31. The molecule has 0 aliphatic heterocycles. The third-order valence-corrected chi connectivity index (χ3v) is 7.04. The van der Waals surface area contributed by atoms with Crippen molar-refractivity contribution < 1.29 is 17.6 Å². The molecule has 27 heavy (non-hydrogen) atoms. The second kappa shape index (κ2) is 7.45. The summed E-state index contributed by atoms with van der Waals surface area (Å²) < 4.78 is 48.9. The van der Waals surface area contributed by atoms with Crippen LogP contribution in [0.5, 0.6) is 0 Å². The van der Waals surface area contributed by atoms with E-state index in [4.69, 9.17) is 16.0 Å². The van der Waals surface area contributed by atoms with Gasteiger partial charge in [0.15, 0.2) is 8.32 Å². The zero-order valence-electron chi connectivity index (χ0n) is 14.9. The minimum absolute atomic E-state index is 0.0541. The van der Waals surface area contributed by atoms with Crippen LogP contribution in [0, 0.1) is 17.5 Å². The van der Waals surface area contributed by atoms with Gasteiger partial charge in [-0.3, -0.25) is 0 Å². The van der Waals surface area contributed by atoms with Crippen LogP contribution in [-0.4, -0.2) is 41.6 Å². The van der Waals surface area contributed by atoms with Crippen molar-refractivity contribution in [2.24, 2.45) is 0 Å². The highest BCUT2D eigenvalue weighted by molar-refractivity contribution is 6.71. The number of nitrogens with one attached hydrogen (secondary N) is 1. The van der Waals surface area contributed by atoms with Crippen molar-refractivity contribution in [1.82, 2.24) is 19.6 Å². The van der Waals surface area contributed by atoms with Crippen LogP contribution in [0.3, 0.4) is 0 Å². The van der Waals surface area contributed by atoms with Gasteiger partial charge in [0.1, 0.15) is 34.7 Å². The Balaban J connectivity index is 2.14. The number of fused-ring (bicyclic) bond motifs is 1. The lowest BCUT2D eigenvalue weighted by molar-refractivity contribution is 0.404. The third-order valence-electron chi connectivity index (χ3n) is 4.21. The van der Waals surface area contributed by atoms with E-state index in [9.17, 15) is 13.2 Å². The standard InChI is InChI=1S/C16H17ClF3N5OSi/c1-26-27(2,3)5-4-21-15-13(12-10(19)6-9(18)7-11(12)20)14(17)24-16-22-8-23-25(15)16/h6-8,21H,4-5H2,1-3H3. The monoisotopic (exact) mass is 415 g/mol. The molecule has 0 unspecified atom stereocenters. The Bertz CT molecular complexity index is 975. The molecule has 3 rings (SSSR count). The van der Waals surface area contributed by atoms with Gasteiger partial charge in [-0.1, -0.05) is 11.6 Å². The summed E-state index contributed by atoms with van der Waals surface area (Å²) in [6, 6.07) is 1.89. The van der Waals surface area contributed by atoms with Gasteiger partial charge in [0.25, 0.3) is 5.78 Å². The molecule has 0 amide bonds. The summed E-state index contributed by atoms with van der Waals surface area (Å²) in [6.45, 7) is 4.53. The number of benzene rings is 1. The number of nitrogens with zero attached hydrogens (tertiary/aromatic N) is 4. The summed E-state index contributed by atoms with van der Waals surface area (Å²) in [5.41, 5.74) is -0.543. The van der Waals surface area contributed by atoms with E-state index in [0.29, 0.717) is 24.7 Å². The molecule has 0 radical (unpaired) electrons. The zero-order chi connectivity index (χ0) is 19.8. The van der Waals surface area contributed by atoms with Gasteiger partial charge in [-0.25, -0.2) is 13.2 Å². The molecule has 2 heterocycles. The van der Waals surface area contributed by atoms with E-state index in [0.717, 1.165) is 0 Å². The van der Waals surface area contributed by atoms with Crippen molar-refractivity contribution in [3.63, 3.8) is 0 Å². The molecule has 1 N–H and O–H groups in total. The Kier molecular flexibility index (Phi) is 5.40. The molecule has 0 aliphatic rings. The average Bonchev–Trinajstić information content (AvgIpc) is 3.03. The zero-order valence-corrected chi connectivity index (χ0v) is 16.6.